The lowest BCUT2D eigenvalue weighted by molar-refractivity contribution is 0.489. The van der Waals surface area contributed by atoms with E-state index in [0.717, 1.165) is 18.5 Å². The molecule has 0 spiro atoms. The fourth-order valence-electron chi connectivity index (χ4n) is 7.22. The first-order chi connectivity index (χ1) is 19.0. The third-order valence-electron chi connectivity index (χ3n) is 9.17. The second-order valence-electron chi connectivity index (χ2n) is 13.3. The monoisotopic (exact) mass is 553 g/mol. The van der Waals surface area contributed by atoms with E-state index < -0.39 is 8.40 Å². The highest BCUT2D eigenvalue weighted by Gasteiger charge is 2.59. The van der Waals surface area contributed by atoms with Gasteiger partial charge in [0, 0.05) is 28.3 Å². The van der Waals surface area contributed by atoms with Crippen LogP contribution in [0.15, 0.2) is 60.4 Å². The number of para-hydroxylation sites is 2. The van der Waals surface area contributed by atoms with Gasteiger partial charge in [-0.1, -0.05) is 118 Å². The maximum atomic E-state index is 11.8. The fourth-order valence-corrected chi connectivity index (χ4v) is 12.0. The molecule has 1 aliphatic heterocycles. The zero-order valence-electron chi connectivity index (χ0n) is 26.5. The molecule has 4 rings (SSSR count). The maximum absolute atomic E-state index is 11.8. The molecule has 1 fully saturated rings. The number of benzene rings is 2. The minimum atomic E-state index is -3.13. The first-order valence-electron chi connectivity index (χ1n) is 15.6. The van der Waals surface area contributed by atoms with Gasteiger partial charge in [0.1, 0.15) is 0 Å². The lowest BCUT2D eigenvalue weighted by Crippen LogP contribution is -2.70. The Morgan fingerprint density at radius 2 is 1.12 bits per heavy atom. The van der Waals surface area contributed by atoms with E-state index >= 15 is 0 Å². The van der Waals surface area contributed by atoms with Gasteiger partial charge in [-0.3, -0.25) is 0 Å². The molecule has 0 radical (unpaired) electrons. The SMILES string of the molecule is C=C1C=C(C)N(c2c(C(C)C)cccc2C(C)C)[Si](C#N)(C2CCCCC2)N1c1c(C(C)C)cccc1C(C)C. The van der Waals surface area contributed by atoms with Gasteiger partial charge in [0.25, 0.3) is 0 Å². The summed E-state index contributed by atoms with van der Waals surface area (Å²) in [6.07, 6.45) is 8.13. The van der Waals surface area contributed by atoms with E-state index in [1.165, 1.54) is 58.6 Å². The lowest BCUT2D eigenvalue weighted by Gasteiger charge is -2.55. The zero-order chi connectivity index (χ0) is 29.4. The summed E-state index contributed by atoms with van der Waals surface area (Å²) < 4.78 is 5.13. The summed E-state index contributed by atoms with van der Waals surface area (Å²) >= 11 is 0. The molecule has 214 valence electrons. The highest BCUT2D eigenvalue weighted by Crippen LogP contribution is 2.53. The second kappa shape index (κ2) is 12.0. The maximum Gasteiger partial charge on any atom is 0.390 e. The largest absolute Gasteiger partial charge is 0.390 e. The lowest BCUT2D eigenvalue weighted by atomic mass is 9.92. The minimum absolute atomic E-state index is 0.326. The number of anilines is 2. The Hall–Kier alpha value is -2.77. The van der Waals surface area contributed by atoms with E-state index in [1.807, 2.05) is 0 Å². The minimum Gasteiger partial charge on any atom is -0.342 e. The molecule has 0 N–H and O–H groups in total. The molecule has 0 bridgehead atoms. The molecule has 0 aromatic heterocycles. The molecule has 1 saturated carbocycles. The van der Waals surface area contributed by atoms with E-state index in [9.17, 15) is 5.26 Å². The van der Waals surface area contributed by atoms with Crippen molar-refractivity contribution in [3.8, 4) is 5.69 Å². The highest BCUT2D eigenvalue weighted by molar-refractivity contribution is 6.95. The molecule has 2 aliphatic rings. The van der Waals surface area contributed by atoms with Crippen molar-refractivity contribution in [3.63, 3.8) is 0 Å². The van der Waals surface area contributed by atoms with Crippen molar-refractivity contribution in [1.29, 1.82) is 5.26 Å². The van der Waals surface area contributed by atoms with Crippen LogP contribution in [-0.2, 0) is 0 Å². The number of rotatable bonds is 7. The Labute approximate surface area is 245 Å². The summed E-state index contributed by atoms with van der Waals surface area (Å²) in [6.45, 7) is 25.3. The van der Waals surface area contributed by atoms with E-state index in [-0.39, 0.29) is 0 Å². The van der Waals surface area contributed by atoms with Crippen molar-refractivity contribution in [2.45, 2.75) is 124 Å². The van der Waals surface area contributed by atoms with Crippen LogP contribution in [0.2, 0.25) is 5.54 Å². The molecular formula is C36H51N3Si. The van der Waals surface area contributed by atoms with Crippen molar-refractivity contribution in [2.24, 2.45) is 0 Å². The van der Waals surface area contributed by atoms with Crippen LogP contribution in [0.4, 0.5) is 11.4 Å². The summed E-state index contributed by atoms with van der Waals surface area (Å²) in [7, 11) is -3.13. The van der Waals surface area contributed by atoms with Gasteiger partial charge in [-0.05, 0) is 71.8 Å². The average Bonchev–Trinajstić information content (AvgIpc) is 2.92. The van der Waals surface area contributed by atoms with E-state index in [4.69, 9.17) is 6.58 Å². The molecular weight excluding hydrogens is 503 g/mol. The molecule has 1 unspecified atom stereocenters. The van der Waals surface area contributed by atoms with Gasteiger partial charge in [-0.25, -0.2) is 5.26 Å². The van der Waals surface area contributed by atoms with Gasteiger partial charge in [0.15, 0.2) is 0 Å². The molecule has 2 aromatic rings. The smallest absolute Gasteiger partial charge is 0.342 e. The van der Waals surface area contributed by atoms with Gasteiger partial charge in [0.2, 0.25) is 0 Å². The van der Waals surface area contributed by atoms with E-state index in [0.29, 0.717) is 29.2 Å². The predicted molar refractivity (Wildman–Crippen MR) is 175 cm³/mol. The molecule has 4 heteroatoms. The fraction of sp³-hybridized carbons (Fsp3) is 0.528. The number of nitrogens with zero attached hydrogens (tertiary/aromatic N) is 3. The van der Waals surface area contributed by atoms with Crippen LogP contribution in [0.1, 0.15) is 140 Å². The van der Waals surface area contributed by atoms with Crippen molar-refractivity contribution >= 4 is 19.8 Å². The summed E-state index contributed by atoms with van der Waals surface area (Å²) in [5.74, 6) is 1.39. The number of hydrogen-bond acceptors (Lipinski definition) is 3. The van der Waals surface area contributed by atoms with Gasteiger partial charge in [0.05, 0.1) is 5.69 Å². The zero-order valence-corrected chi connectivity index (χ0v) is 27.5. The van der Waals surface area contributed by atoms with Crippen LogP contribution in [0.5, 0.6) is 0 Å². The molecule has 1 aliphatic carbocycles. The first-order valence-corrected chi connectivity index (χ1v) is 17.6. The average molecular weight is 554 g/mol. The predicted octanol–water partition coefficient (Wildman–Crippen LogP) is 10.8. The van der Waals surface area contributed by atoms with Crippen molar-refractivity contribution in [3.05, 3.63) is 82.7 Å². The van der Waals surface area contributed by atoms with Crippen LogP contribution in [0.3, 0.4) is 0 Å². The van der Waals surface area contributed by atoms with Gasteiger partial charge >= 0.3 is 8.40 Å². The van der Waals surface area contributed by atoms with E-state index in [2.05, 4.69) is 120 Å². The first kappa shape index (κ1) is 30.2. The standard InChI is InChI=1S/C36H51N3Si/c1-24(2)31-18-14-19-32(25(3)4)35(31)38-28(9)22-29(10)39(40(38,23-37)30-16-12-11-13-17-30)36-33(26(5)6)20-15-21-34(36)27(7)8/h14-15,18-22,24-27,30H,9,11-13,16-17H2,1-8,10H3. The molecule has 2 aromatic carbocycles. The van der Waals surface area contributed by atoms with E-state index in [1.54, 1.807) is 0 Å². The van der Waals surface area contributed by atoms with Crippen LogP contribution < -0.4 is 9.13 Å². The molecule has 3 nitrogen and oxygen atoms in total. The van der Waals surface area contributed by atoms with Crippen molar-refractivity contribution in [1.82, 2.24) is 0 Å². The van der Waals surface area contributed by atoms with Crippen molar-refractivity contribution in [2.75, 3.05) is 9.13 Å². The van der Waals surface area contributed by atoms with Crippen LogP contribution in [0.25, 0.3) is 0 Å². The number of nitriles is 1. The molecule has 0 saturated heterocycles. The summed E-state index contributed by atoms with van der Waals surface area (Å²) in [5.41, 5.74) is 13.5. The molecule has 1 heterocycles. The third-order valence-corrected chi connectivity index (χ3v) is 13.7. The quantitative estimate of drug-likeness (QED) is 0.319. The number of allylic oxidation sites excluding steroid dienone is 2. The normalized spacial score (nSPS) is 20.6. The van der Waals surface area contributed by atoms with Crippen LogP contribution >= 0.6 is 0 Å². The molecule has 40 heavy (non-hydrogen) atoms. The van der Waals surface area contributed by atoms with Crippen molar-refractivity contribution < 1.29 is 0 Å². The second-order valence-corrected chi connectivity index (χ2v) is 16.7. The van der Waals surface area contributed by atoms with Crippen LogP contribution in [0, 0.1) is 11.0 Å². The third kappa shape index (κ3) is 5.07. The van der Waals surface area contributed by atoms with Gasteiger partial charge in [-0.15, -0.1) is 0 Å². The Morgan fingerprint density at radius 3 is 1.50 bits per heavy atom. The van der Waals surface area contributed by atoms with Gasteiger partial charge in [-0.2, -0.15) is 0 Å². The Balaban J connectivity index is 2.18. The summed E-state index contributed by atoms with van der Waals surface area (Å²) in [5, 5.41) is 11.8. The van der Waals surface area contributed by atoms with Gasteiger partial charge < -0.3 is 9.13 Å². The molecule has 1 atom stereocenters. The number of hydrogen-bond donors (Lipinski definition) is 0. The Morgan fingerprint density at radius 1 is 0.725 bits per heavy atom. The Bertz CT molecular complexity index is 1250. The summed E-state index contributed by atoms with van der Waals surface area (Å²) in [4.78, 5) is 0. The topological polar surface area (TPSA) is 30.3 Å². The Kier molecular flexibility index (Phi) is 9.05. The highest BCUT2D eigenvalue weighted by atomic mass is 28.3. The molecule has 0 amide bonds. The van der Waals surface area contributed by atoms with Crippen LogP contribution in [-0.4, -0.2) is 8.40 Å². The summed E-state index contributed by atoms with van der Waals surface area (Å²) in [6, 6.07) is 13.6.